The van der Waals surface area contributed by atoms with Crippen LogP contribution in [0.15, 0.2) is 29.1 Å². The number of nitrogens with two attached hydrogens (primary N) is 1. The summed E-state index contributed by atoms with van der Waals surface area (Å²) in [6.45, 7) is 0.274. The Morgan fingerprint density at radius 2 is 2.12 bits per heavy atom. The molecule has 1 aliphatic heterocycles. The molecule has 0 bridgehead atoms. The van der Waals surface area contributed by atoms with E-state index in [1.807, 2.05) is 0 Å². The summed E-state index contributed by atoms with van der Waals surface area (Å²) in [5, 5.41) is 7.09. The quantitative estimate of drug-likeness (QED) is 0.773. The molecule has 10 nitrogen and oxygen atoms in total. The van der Waals surface area contributed by atoms with Crippen molar-refractivity contribution in [2.75, 3.05) is 6.54 Å². The van der Waals surface area contributed by atoms with Gasteiger partial charge in [0.05, 0.1) is 5.69 Å². The molecule has 2 N–H and O–H groups in total. The predicted molar refractivity (Wildman–Crippen MR) is 76.8 cm³/mol. The number of carbonyl (C=O) groups is 2. The van der Waals surface area contributed by atoms with Crippen LogP contribution in [0.2, 0.25) is 0 Å². The normalized spacial score (nSPS) is 17.0. The number of hydrogen-bond donors (Lipinski definition) is 1. The highest BCUT2D eigenvalue weighted by Gasteiger charge is 2.34. The maximum Gasteiger partial charge on any atom is 0.406 e. The van der Waals surface area contributed by atoms with Crippen LogP contribution in [0.1, 0.15) is 12.8 Å². The van der Waals surface area contributed by atoms with E-state index >= 15 is 0 Å². The first-order chi connectivity index (χ1) is 11.5. The number of amides is 2. The van der Waals surface area contributed by atoms with Gasteiger partial charge in [-0.25, -0.2) is 18.8 Å². The number of hydrogen-bond acceptors (Lipinski definition) is 6. The van der Waals surface area contributed by atoms with Gasteiger partial charge in [-0.05, 0) is 35.0 Å². The van der Waals surface area contributed by atoms with E-state index in [1.54, 1.807) is 0 Å². The molecule has 2 heterocycles. The van der Waals surface area contributed by atoms with Gasteiger partial charge in [0.15, 0.2) is 6.23 Å². The largest absolute Gasteiger partial charge is 0.425 e. The zero-order valence-electron chi connectivity index (χ0n) is 12.3. The van der Waals surface area contributed by atoms with Crippen molar-refractivity contribution in [2.24, 2.45) is 5.73 Å². The van der Waals surface area contributed by atoms with Gasteiger partial charge in [-0.3, -0.25) is 4.90 Å². The van der Waals surface area contributed by atoms with Crippen molar-refractivity contribution in [3.8, 4) is 5.69 Å². The SMILES string of the molecule is NC(=O)O[C@H]1CCCN1C(=O)n1nnn(-c2cccc(F)c2)c1=O. The topological polar surface area (TPSA) is 125 Å². The smallest absolute Gasteiger partial charge is 0.406 e. The zero-order valence-corrected chi connectivity index (χ0v) is 12.3. The average Bonchev–Trinajstić information content (AvgIpc) is 3.13. The molecule has 24 heavy (non-hydrogen) atoms. The second kappa shape index (κ2) is 6.10. The minimum absolute atomic E-state index is 0.130. The molecular weight excluding hydrogens is 323 g/mol. The van der Waals surface area contributed by atoms with E-state index in [0.29, 0.717) is 17.5 Å². The fraction of sp³-hybridized carbons (Fsp3) is 0.308. The van der Waals surface area contributed by atoms with Crippen LogP contribution in [0.3, 0.4) is 0 Å². The maximum atomic E-state index is 13.3. The van der Waals surface area contributed by atoms with Gasteiger partial charge in [-0.1, -0.05) is 6.07 Å². The highest BCUT2D eigenvalue weighted by Crippen LogP contribution is 2.18. The van der Waals surface area contributed by atoms with Crippen LogP contribution in [0.5, 0.6) is 0 Å². The van der Waals surface area contributed by atoms with E-state index in [9.17, 15) is 18.8 Å². The first kappa shape index (κ1) is 15.6. The summed E-state index contributed by atoms with van der Waals surface area (Å²) in [5.41, 5.74) is 4.23. The van der Waals surface area contributed by atoms with Crippen molar-refractivity contribution < 1.29 is 18.7 Å². The van der Waals surface area contributed by atoms with Crippen molar-refractivity contribution in [1.29, 1.82) is 0 Å². The lowest BCUT2D eigenvalue weighted by Crippen LogP contribution is -2.45. The molecule has 126 valence electrons. The molecule has 1 atom stereocenters. The lowest BCUT2D eigenvalue weighted by atomic mass is 10.3. The number of ether oxygens (including phenoxy) is 1. The monoisotopic (exact) mass is 336 g/mol. The Kier molecular flexibility index (Phi) is 3.98. The lowest BCUT2D eigenvalue weighted by Gasteiger charge is -2.22. The minimum Gasteiger partial charge on any atom is -0.425 e. The Hall–Kier alpha value is -3.24. The van der Waals surface area contributed by atoms with Crippen LogP contribution in [-0.2, 0) is 4.74 Å². The second-order valence-electron chi connectivity index (χ2n) is 5.07. The van der Waals surface area contributed by atoms with Crippen molar-refractivity contribution in [3.05, 3.63) is 40.6 Å². The van der Waals surface area contributed by atoms with Gasteiger partial charge in [-0.15, -0.1) is 4.68 Å². The molecule has 2 amide bonds. The summed E-state index contributed by atoms with van der Waals surface area (Å²) in [7, 11) is 0. The molecule has 0 unspecified atom stereocenters. The summed E-state index contributed by atoms with van der Waals surface area (Å²) in [5.74, 6) is -0.560. The number of benzene rings is 1. The highest BCUT2D eigenvalue weighted by molar-refractivity contribution is 5.76. The molecule has 3 rings (SSSR count). The molecule has 1 fully saturated rings. The Bertz CT molecular complexity index is 847. The third-order valence-corrected chi connectivity index (χ3v) is 3.51. The third-order valence-electron chi connectivity index (χ3n) is 3.51. The molecule has 0 aliphatic carbocycles. The van der Waals surface area contributed by atoms with E-state index in [-0.39, 0.29) is 12.2 Å². The molecule has 0 saturated carbocycles. The second-order valence-corrected chi connectivity index (χ2v) is 5.07. The summed E-state index contributed by atoms with van der Waals surface area (Å²) in [6, 6.07) is 4.34. The van der Waals surface area contributed by atoms with Gasteiger partial charge >= 0.3 is 17.8 Å². The van der Waals surface area contributed by atoms with Gasteiger partial charge in [0.2, 0.25) is 0 Å². The first-order valence-electron chi connectivity index (χ1n) is 7.05. The summed E-state index contributed by atoms with van der Waals surface area (Å²) >= 11 is 0. The number of likely N-dealkylation sites (tertiary alicyclic amines) is 1. The van der Waals surface area contributed by atoms with Crippen molar-refractivity contribution in [1.82, 2.24) is 24.7 Å². The number of tetrazole rings is 1. The van der Waals surface area contributed by atoms with E-state index in [1.165, 1.54) is 18.2 Å². The lowest BCUT2D eigenvalue weighted by molar-refractivity contribution is 0.0369. The van der Waals surface area contributed by atoms with Crippen LogP contribution in [0, 0.1) is 5.82 Å². The standard InChI is InChI=1S/C13H13FN6O4/c14-8-3-1-4-9(7-8)19-13(23)20(17-16-19)12(22)18-6-2-5-10(18)24-11(15)21/h1,3-4,7,10H,2,5-6H2,(H2,15,21)/t10-/m0/s1. The van der Waals surface area contributed by atoms with Crippen LogP contribution in [0.25, 0.3) is 5.69 Å². The predicted octanol–water partition coefficient (Wildman–Crippen LogP) is 0.0534. The van der Waals surface area contributed by atoms with Crippen LogP contribution in [0.4, 0.5) is 14.0 Å². The average molecular weight is 336 g/mol. The van der Waals surface area contributed by atoms with Crippen LogP contribution in [-0.4, -0.2) is 49.6 Å². The van der Waals surface area contributed by atoms with Crippen molar-refractivity contribution in [3.63, 3.8) is 0 Å². The number of halogens is 1. The summed E-state index contributed by atoms with van der Waals surface area (Å²) in [6.07, 6.45) is -0.894. The molecule has 1 aliphatic rings. The van der Waals surface area contributed by atoms with Crippen LogP contribution >= 0.6 is 0 Å². The van der Waals surface area contributed by atoms with E-state index < -0.39 is 29.9 Å². The minimum atomic E-state index is -1.02. The summed E-state index contributed by atoms with van der Waals surface area (Å²) in [4.78, 5) is 36.8. The van der Waals surface area contributed by atoms with E-state index in [2.05, 4.69) is 10.4 Å². The van der Waals surface area contributed by atoms with Crippen LogP contribution < -0.4 is 11.4 Å². The number of aromatic nitrogens is 4. The fourth-order valence-corrected chi connectivity index (χ4v) is 2.47. The Morgan fingerprint density at radius 1 is 1.33 bits per heavy atom. The number of carbonyl (C=O) groups excluding carboxylic acids is 2. The van der Waals surface area contributed by atoms with Gasteiger partial charge in [0.25, 0.3) is 0 Å². The molecule has 2 aromatic rings. The van der Waals surface area contributed by atoms with Crippen molar-refractivity contribution in [2.45, 2.75) is 19.1 Å². The number of primary amides is 1. The van der Waals surface area contributed by atoms with Gasteiger partial charge < -0.3 is 10.5 Å². The third kappa shape index (κ3) is 2.83. The highest BCUT2D eigenvalue weighted by atomic mass is 19.1. The molecule has 11 heteroatoms. The molecule has 0 radical (unpaired) electrons. The number of rotatable bonds is 2. The van der Waals surface area contributed by atoms with Gasteiger partial charge in [0, 0.05) is 13.0 Å². The van der Waals surface area contributed by atoms with E-state index in [4.69, 9.17) is 10.5 Å². The Morgan fingerprint density at radius 3 is 2.83 bits per heavy atom. The molecule has 0 spiro atoms. The Balaban J connectivity index is 1.89. The summed E-state index contributed by atoms with van der Waals surface area (Å²) < 4.78 is 19.4. The number of nitrogens with zero attached hydrogens (tertiary/aromatic N) is 5. The zero-order chi connectivity index (χ0) is 17.3. The molecule has 1 aromatic heterocycles. The fourth-order valence-electron chi connectivity index (χ4n) is 2.47. The van der Waals surface area contributed by atoms with E-state index in [0.717, 1.165) is 15.6 Å². The molecule has 1 aromatic carbocycles. The van der Waals surface area contributed by atoms with Gasteiger partial charge in [-0.2, -0.15) is 4.68 Å². The molecule has 1 saturated heterocycles. The van der Waals surface area contributed by atoms with Gasteiger partial charge in [0.1, 0.15) is 5.82 Å². The molecular formula is C13H13FN6O4. The Labute approximate surface area is 134 Å². The first-order valence-corrected chi connectivity index (χ1v) is 7.05. The van der Waals surface area contributed by atoms with Crippen molar-refractivity contribution >= 4 is 12.1 Å². The maximum absolute atomic E-state index is 13.3.